The summed E-state index contributed by atoms with van der Waals surface area (Å²) in [5, 5.41) is 0.742. The van der Waals surface area contributed by atoms with E-state index in [1.807, 2.05) is 78.9 Å². The van der Waals surface area contributed by atoms with Crippen LogP contribution in [0.3, 0.4) is 0 Å². The van der Waals surface area contributed by atoms with Gasteiger partial charge in [0.15, 0.2) is 5.78 Å². The van der Waals surface area contributed by atoms with Gasteiger partial charge in [0, 0.05) is 22.7 Å². The number of fused-ring (bicyclic) bond motifs is 2. The minimum absolute atomic E-state index is 0.124. The molecule has 4 aromatic carbocycles. The maximum absolute atomic E-state index is 13.3. The van der Waals surface area contributed by atoms with E-state index >= 15 is 0 Å². The molecule has 182 valence electrons. The van der Waals surface area contributed by atoms with Gasteiger partial charge in [-0.05, 0) is 40.5 Å². The molecule has 2 N–H and O–H groups in total. The number of ketones is 1. The van der Waals surface area contributed by atoms with Crippen molar-refractivity contribution in [2.75, 3.05) is 0 Å². The third-order valence-corrected chi connectivity index (χ3v) is 6.58. The van der Waals surface area contributed by atoms with Gasteiger partial charge in [0.25, 0.3) is 5.91 Å². The molecule has 0 saturated carbocycles. The van der Waals surface area contributed by atoms with Crippen molar-refractivity contribution in [3.8, 4) is 22.4 Å². The molecule has 0 aliphatic heterocycles. The Morgan fingerprint density at radius 2 is 1.39 bits per heavy atom. The Kier molecular flexibility index (Phi) is 6.08. The lowest BCUT2D eigenvalue weighted by Gasteiger charge is -2.14. The van der Waals surface area contributed by atoms with Crippen LogP contribution in [-0.2, 0) is 4.79 Å². The van der Waals surface area contributed by atoms with E-state index in [9.17, 15) is 9.59 Å². The predicted octanol–water partition coefficient (Wildman–Crippen LogP) is 6.44. The normalized spacial score (nSPS) is 13.4. The largest absolute Gasteiger partial charge is 0.305 e. The fourth-order valence-corrected chi connectivity index (χ4v) is 4.64. The van der Waals surface area contributed by atoms with E-state index in [2.05, 4.69) is 35.1 Å². The molecule has 1 aliphatic rings. The second-order valence-electron chi connectivity index (χ2n) is 8.96. The molecule has 0 saturated heterocycles. The zero-order valence-electron chi connectivity index (χ0n) is 20.4. The van der Waals surface area contributed by atoms with Gasteiger partial charge >= 0.3 is 0 Å². The predicted molar refractivity (Wildman–Crippen MR) is 152 cm³/mol. The van der Waals surface area contributed by atoms with Crippen molar-refractivity contribution in [3.05, 3.63) is 138 Å². The highest BCUT2D eigenvalue weighted by Crippen LogP contribution is 2.28. The number of benzene rings is 4. The smallest absolute Gasteiger partial charge is 0.270 e. The number of hydrazine groups is 1. The number of amides is 1. The summed E-state index contributed by atoms with van der Waals surface area (Å²) in [5.41, 5.74) is 12.9. The van der Waals surface area contributed by atoms with Crippen molar-refractivity contribution in [1.82, 2.24) is 15.8 Å². The first-order chi connectivity index (χ1) is 18.7. The summed E-state index contributed by atoms with van der Waals surface area (Å²) in [6.07, 6.45) is 4.86. The van der Waals surface area contributed by atoms with Crippen LogP contribution in [0.1, 0.15) is 21.5 Å². The van der Waals surface area contributed by atoms with Gasteiger partial charge in [0.1, 0.15) is 0 Å². The molecule has 6 rings (SSSR count). The minimum atomic E-state index is -0.324. The second kappa shape index (κ2) is 9.99. The van der Waals surface area contributed by atoms with Crippen LogP contribution in [-0.4, -0.2) is 16.7 Å². The lowest BCUT2D eigenvalue weighted by Crippen LogP contribution is -2.34. The molecule has 0 spiro atoms. The van der Waals surface area contributed by atoms with Gasteiger partial charge in [-0.25, -0.2) is 4.98 Å². The number of allylic oxidation sites excluding steroid dienone is 2. The molecule has 1 aromatic heterocycles. The number of para-hydroxylation sites is 1. The molecular formula is C33H23N3O2. The number of pyridine rings is 1. The molecule has 0 fully saturated rings. The summed E-state index contributed by atoms with van der Waals surface area (Å²) in [6, 6.07) is 35.3. The number of carbonyl (C=O) groups is 2. The summed E-state index contributed by atoms with van der Waals surface area (Å²) >= 11 is 0. The van der Waals surface area contributed by atoms with Crippen molar-refractivity contribution < 1.29 is 9.59 Å². The number of hydrogen-bond acceptors (Lipinski definition) is 4. The van der Waals surface area contributed by atoms with Gasteiger partial charge in [-0.2, -0.15) is 0 Å². The van der Waals surface area contributed by atoms with Gasteiger partial charge in [-0.1, -0.05) is 103 Å². The monoisotopic (exact) mass is 493 g/mol. The lowest BCUT2D eigenvalue weighted by atomic mass is 9.92. The first-order valence-corrected chi connectivity index (χ1v) is 12.3. The zero-order chi connectivity index (χ0) is 25.9. The van der Waals surface area contributed by atoms with Crippen LogP contribution < -0.4 is 10.9 Å². The molecule has 5 heteroatoms. The molecular weight excluding hydrogens is 470 g/mol. The number of nitrogens with zero attached hydrogens (tertiary/aromatic N) is 1. The van der Waals surface area contributed by atoms with Crippen LogP contribution in [0.5, 0.6) is 0 Å². The Morgan fingerprint density at radius 3 is 2.24 bits per heavy atom. The highest BCUT2D eigenvalue weighted by Gasteiger charge is 2.17. The molecule has 0 unspecified atom stereocenters. The van der Waals surface area contributed by atoms with Gasteiger partial charge in [0.05, 0.1) is 16.8 Å². The summed E-state index contributed by atoms with van der Waals surface area (Å²) in [7, 11) is 0. The SMILES string of the molecule is O=C1C=Cc2ccccc2C1=CNNC(=O)c1cc(-c2ccc(-c3ccccc3)cc2)nc2ccccc12. The molecule has 0 radical (unpaired) electrons. The Bertz CT molecular complexity index is 1740. The summed E-state index contributed by atoms with van der Waals surface area (Å²) in [6.45, 7) is 0. The van der Waals surface area contributed by atoms with Crippen LogP contribution in [0.15, 0.2) is 121 Å². The Hall–Kier alpha value is -5.29. The van der Waals surface area contributed by atoms with Crippen molar-refractivity contribution in [1.29, 1.82) is 0 Å². The van der Waals surface area contributed by atoms with E-state index < -0.39 is 0 Å². The standard InChI is InChI=1S/C33H23N3O2/c37-32-19-18-24-10-4-5-11-26(24)29(32)21-34-36-33(38)28-20-31(35-30-13-7-6-12-27(28)30)25-16-14-23(15-17-25)22-8-2-1-3-9-22/h1-21,34H,(H,36,38). The van der Waals surface area contributed by atoms with E-state index in [1.54, 1.807) is 12.1 Å². The van der Waals surface area contributed by atoms with Crippen LogP contribution in [0.25, 0.3) is 44.9 Å². The average Bonchev–Trinajstić information content (AvgIpc) is 2.98. The van der Waals surface area contributed by atoms with Crippen LogP contribution in [0, 0.1) is 0 Å². The maximum atomic E-state index is 13.3. The molecule has 0 atom stereocenters. The maximum Gasteiger partial charge on any atom is 0.270 e. The Labute approximate surface area is 220 Å². The number of hydrogen-bond donors (Lipinski definition) is 2. The van der Waals surface area contributed by atoms with Crippen molar-refractivity contribution in [2.45, 2.75) is 0 Å². The second-order valence-corrected chi connectivity index (χ2v) is 8.96. The molecule has 1 heterocycles. The Morgan fingerprint density at radius 1 is 0.711 bits per heavy atom. The van der Waals surface area contributed by atoms with E-state index in [4.69, 9.17) is 4.98 Å². The van der Waals surface area contributed by atoms with Gasteiger partial charge in [-0.3, -0.25) is 15.0 Å². The van der Waals surface area contributed by atoms with Crippen molar-refractivity contribution in [2.24, 2.45) is 0 Å². The first kappa shape index (κ1) is 23.1. The van der Waals surface area contributed by atoms with Crippen LogP contribution >= 0.6 is 0 Å². The fourth-order valence-electron chi connectivity index (χ4n) is 4.64. The van der Waals surface area contributed by atoms with E-state index in [0.29, 0.717) is 16.8 Å². The van der Waals surface area contributed by atoms with Gasteiger partial charge in [-0.15, -0.1) is 0 Å². The minimum Gasteiger partial charge on any atom is -0.305 e. The summed E-state index contributed by atoms with van der Waals surface area (Å²) < 4.78 is 0. The van der Waals surface area contributed by atoms with E-state index in [-0.39, 0.29) is 11.7 Å². The molecule has 1 amide bonds. The van der Waals surface area contributed by atoms with Gasteiger partial charge < -0.3 is 5.43 Å². The fraction of sp³-hybridized carbons (Fsp3) is 0. The van der Waals surface area contributed by atoms with Crippen LogP contribution in [0.2, 0.25) is 0 Å². The average molecular weight is 494 g/mol. The third-order valence-electron chi connectivity index (χ3n) is 6.58. The van der Waals surface area contributed by atoms with Gasteiger partial charge in [0.2, 0.25) is 0 Å². The lowest BCUT2D eigenvalue weighted by molar-refractivity contribution is -0.109. The summed E-state index contributed by atoms with van der Waals surface area (Å²) in [4.78, 5) is 30.6. The number of nitrogens with one attached hydrogen (secondary N) is 2. The molecule has 0 bridgehead atoms. The van der Waals surface area contributed by atoms with Crippen LogP contribution in [0.4, 0.5) is 0 Å². The molecule has 5 aromatic rings. The quantitative estimate of drug-likeness (QED) is 0.218. The van der Waals surface area contributed by atoms with E-state index in [1.165, 1.54) is 12.3 Å². The number of carbonyl (C=O) groups excluding carboxylic acids is 2. The Balaban J connectivity index is 1.29. The topological polar surface area (TPSA) is 71.1 Å². The molecule has 5 nitrogen and oxygen atoms in total. The van der Waals surface area contributed by atoms with E-state index in [0.717, 1.165) is 38.7 Å². The number of rotatable bonds is 5. The highest BCUT2D eigenvalue weighted by atomic mass is 16.2. The highest BCUT2D eigenvalue weighted by molar-refractivity contribution is 6.29. The summed E-state index contributed by atoms with van der Waals surface area (Å²) in [5.74, 6) is -0.448. The third kappa shape index (κ3) is 4.49. The molecule has 38 heavy (non-hydrogen) atoms. The van der Waals surface area contributed by atoms with Crippen molar-refractivity contribution in [3.63, 3.8) is 0 Å². The number of aromatic nitrogens is 1. The van der Waals surface area contributed by atoms with Crippen molar-refractivity contribution >= 4 is 34.2 Å². The zero-order valence-corrected chi connectivity index (χ0v) is 20.4. The molecule has 1 aliphatic carbocycles. The first-order valence-electron chi connectivity index (χ1n) is 12.3.